The molecule has 0 unspecified atom stereocenters. The minimum atomic E-state index is -0.941. The van der Waals surface area contributed by atoms with Crippen molar-refractivity contribution in [1.29, 1.82) is 0 Å². The van der Waals surface area contributed by atoms with E-state index in [1.165, 1.54) is 6.08 Å². The fourth-order valence-electron chi connectivity index (χ4n) is 2.69. The van der Waals surface area contributed by atoms with Gasteiger partial charge in [-0.25, -0.2) is 0 Å². The molecule has 0 saturated carbocycles. The Balaban J connectivity index is 1.79. The first-order chi connectivity index (χ1) is 14.4. The molecule has 0 radical (unpaired) electrons. The van der Waals surface area contributed by atoms with E-state index in [2.05, 4.69) is 26.6 Å². The number of carboxylic acid groups (broad SMARTS) is 1. The summed E-state index contributed by atoms with van der Waals surface area (Å²) in [6.45, 7) is 0.287. The molecule has 0 fully saturated rings. The molecule has 1 aliphatic rings. The smallest absolute Gasteiger partial charge is 0.303 e. The zero-order valence-corrected chi connectivity index (χ0v) is 17.4. The molecule has 2 aromatic carbocycles. The van der Waals surface area contributed by atoms with E-state index in [0.717, 1.165) is 4.47 Å². The van der Waals surface area contributed by atoms with Gasteiger partial charge < -0.3 is 25.2 Å². The zero-order valence-electron chi connectivity index (χ0n) is 15.8. The number of aliphatic carboxylic acids is 1. The second kappa shape index (κ2) is 9.93. The highest BCUT2D eigenvalue weighted by Crippen LogP contribution is 2.33. The van der Waals surface area contributed by atoms with Gasteiger partial charge in [0, 0.05) is 23.0 Å². The van der Waals surface area contributed by atoms with Gasteiger partial charge in [0.2, 0.25) is 6.79 Å². The van der Waals surface area contributed by atoms with Gasteiger partial charge in [0.25, 0.3) is 11.8 Å². The van der Waals surface area contributed by atoms with Crippen LogP contribution in [0.4, 0.5) is 0 Å². The van der Waals surface area contributed by atoms with Crippen LogP contribution in [0.25, 0.3) is 6.08 Å². The first-order valence-corrected chi connectivity index (χ1v) is 9.90. The Morgan fingerprint density at radius 1 is 1.10 bits per heavy atom. The van der Waals surface area contributed by atoms with Crippen molar-refractivity contribution in [3.8, 4) is 11.5 Å². The molecule has 2 aromatic rings. The predicted octanol–water partition coefficient (Wildman–Crippen LogP) is 2.93. The molecule has 1 heterocycles. The van der Waals surface area contributed by atoms with Crippen LogP contribution in [0.5, 0.6) is 11.5 Å². The number of benzene rings is 2. The third-order valence-corrected chi connectivity index (χ3v) is 4.63. The first kappa shape index (κ1) is 21.4. The highest BCUT2D eigenvalue weighted by molar-refractivity contribution is 9.10. The maximum Gasteiger partial charge on any atom is 0.303 e. The molecule has 2 amide bonds. The van der Waals surface area contributed by atoms with E-state index in [9.17, 15) is 14.4 Å². The summed E-state index contributed by atoms with van der Waals surface area (Å²) in [6, 6.07) is 11.9. The molecule has 9 heteroatoms. The molecular weight excluding hydrogens is 456 g/mol. The summed E-state index contributed by atoms with van der Waals surface area (Å²) in [5.41, 5.74) is 1.03. The van der Waals surface area contributed by atoms with E-state index >= 15 is 0 Å². The molecule has 30 heavy (non-hydrogen) atoms. The molecule has 0 atom stereocenters. The van der Waals surface area contributed by atoms with Gasteiger partial charge >= 0.3 is 5.97 Å². The Morgan fingerprint density at radius 2 is 1.90 bits per heavy atom. The number of ether oxygens (including phenoxy) is 2. The van der Waals surface area contributed by atoms with Gasteiger partial charge in [-0.1, -0.05) is 28.1 Å². The molecule has 0 bridgehead atoms. The number of hydrogen-bond donors (Lipinski definition) is 3. The van der Waals surface area contributed by atoms with Crippen LogP contribution >= 0.6 is 15.9 Å². The van der Waals surface area contributed by atoms with Crippen molar-refractivity contribution in [2.75, 3.05) is 13.3 Å². The summed E-state index contributed by atoms with van der Waals surface area (Å²) in [7, 11) is 0. The van der Waals surface area contributed by atoms with Crippen LogP contribution in [0, 0.1) is 0 Å². The number of carboxylic acids is 1. The van der Waals surface area contributed by atoms with Gasteiger partial charge in [-0.15, -0.1) is 0 Å². The van der Waals surface area contributed by atoms with Gasteiger partial charge in [0.1, 0.15) is 5.70 Å². The lowest BCUT2D eigenvalue weighted by atomic mass is 10.1. The third-order valence-electron chi connectivity index (χ3n) is 4.14. The maximum absolute atomic E-state index is 12.7. The summed E-state index contributed by atoms with van der Waals surface area (Å²) in [6.07, 6.45) is 1.73. The van der Waals surface area contributed by atoms with Crippen molar-refractivity contribution < 1.29 is 29.0 Å². The summed E-state index contributed by atoms with van der Waals surface area (Å²) >= 11 is 3.31. The van der Waals surface area contributed by atoms with Gasteiger partial charge in [-0.05, 0) is 48.4 Å². The fraction of sp³-hybridized carbons (Fsp3) is 0.190. The maximum atomic E-state index is 12.7. The lowest BCUT2D eigenvalue weighted by Crippen LogP contribution is -2.35. The first-order valence-electron chi connectivity index (χ1n) is 9.10. The Labute approximate surface area is 181 Å². The molecule has 156 valence electrons. The second-order valence-electron chi connectivity index (χ2n) is 6.39. The monoisotopic (exact) mass is 474 g/mol. The summed E-state index contributed by atoms with van der Waals surface area (Å²) in [5, 5.41) is 14.0. The van der Waals surface area contributed by atoms with Crippen LogP contribution in [-0.2, 0) is 9.59 Å². The number of fused-ring (bicyclic) bond motifs is 1. The minimum Gasteiger partial charge on any atom is -0.481 e. The summed E-state index contributed by atoms with van der Waals surface area (Å²) < 4.78 is 11.4. The number of halogens is 1. The van der Waals surface area contributed by atoms with Crippen molar-refractivity contribution in [2.24, 2.45) is 0 Å². The minimum absolute atomic E-state index is 0.0224. The van der Waals surface area contributed by atoms with Crippen LogP contribution in [0.1, 0.15) is 28.8 Å². The number of carbonyl (C=O) groups excluding carboxylic acids is 2. The highest BCUT2D eigenvalue weighted by Gasteiger charge is 2.17. The zero-order chi connectivity index (χ0) is 21.5. The Kier molecular flexibility index (Phi) is 7.08. The SMILES string of the molecule is O=C(O)CCCNC(=O)/C(=C/c1ccc2c(c1)OCO2)NC(=O)c1cccc(Br)c1. The van der Waals surface area contributed by atoms with Crippen LogP contribution in [0.15, 0.2) is 52.6 Å². The largest absolute Gasteiger partial charge is 0.481 e. The predicted molar refractivity (Wildman–Crippen MR) is 112 cm³/mol. The van der Waals surface area contributed by atoms with Crippen LogP contribution in [-0.4, -0.2) is 36.2 Å². The fourth-order valence-corrected chi connectivity index (χ4v) is 3.09. The van der Waals surface area contributed by atoms with Crippen molar-refractivity contribution in [3.63, 3.8) is 0 Å². The van der Waals surface area contributed by atoms with E-state index in [1.54, 1.807) is 42.5 Å². The lowest BCUT2D eigenvalue weighted by molar-refractivity contribution is -0.137. The molecule has 0 aliphatic carbocycles. The van der Waals surface area contributed by atoms with E-state index in [0.29, 0.717) is 22.6 Å². The van der Waals surface area contributed by atoms with E-state index in [1.807, 2.05) is 0 Å². The number of amides is 2. The van der Waals surface area contributed by atoms with Crippen molar-refractivity contribution in [1.82, 2.24) is 10.6 Å². The van der Waals surface area contributed by atoms with E-state index < -0.39 is 17.8 Å². The highest BCUT2D eigenvalue weighted by atomic mass is 79.9. The average molecular weight is 475 g/mol. The van der Waals surface area contributed by atoms with Gasteiger partial charge in [-0.2, -0.15) is 0 Å². The van der Waals surface area contributed by atoms with Crippen LogP contribution in [0.3, 0.4) is 0 Å². The van der Waals surface area contributed by atoms with Crippen molar-refractivity contribution in [3.05, 3.63) is 63.8 Å². The normalized spacial score (nSPS) is 12.4. The number of carbonyl (C=O) groups is 3. The van der Waals surface area contributed by atoms with Crippen LogP contribution in [0.2, 0.25) is 0 Å². The molecule has 0 aromatic heterocycles. The summed E-state index contributed by atoms with van der Waals surface area (Å²) in [5.74, 6) is -0.776. The third kappa shape index (κ3) is 5.84. The quantitative estimate of drug-likeness (QED) is 0.400. The van der Waals surface area contributed by atoms with E-state index in [4.69, 9.17) is 14.6 Å². The lowest BCUT2D eigenvalue weighted by Gasteiger charge is -2.11. The topological polar surface area (TPSA) is 114 Å². The summed E-state index contributed by atoms with van der Waals surface area (Å²) in [4.78, 5) is 35.9. The molecule has 3 N–H and O–H groups in total. The van der Waals surface area contributed by atoms with E-state index in [-0.39, 0.29) is 31.9 Å². The second-order valence-corrected chi connectivity index (χ2v) is 7.30. The Hall–Kier alpha value is -3.33. The molecule has 3 rings (SSSR count). The number of nitrogens with one attached hydrogen (secondary N) is 2. The number of rotatable bonds is 8. The van der Waals surface area contributed by atoms with Crippen molar-refractivity contribution >= 4 is 39.8 Å². The Bertz CT molecular complexity index is 1000. The Morgan fingerprint density at radius 3 is 2.67 bits per heavy atom. The molecule has 1 aliphatic heterocycles. The van der Waals surface area contributed by atoms with Gasteiger partial charge in [0.05, 0.1) is 0 Å². The number of hydrogen-bond acceptors (Lipinski definition) is 5. The van der Waals surface area contributed by atoms with Gasteiger partial charge in [-0.3, -0.25) is 14.4 Å². The molecular formula is C21H19BrN2O6. The molecule has 0 spiro atoms. The van der Waals surface area contributed by atoms with Crippen molar-refractivity contribution in [2.45, 2.75) is 12.8 Å². The molecule has 8 nitrogen and oxygen atoms in total. The van der Waals surface area contributed by atoms with Gasteiger partial charge in [0.15, 0.2) is 11.5 Å². The standard InChI is InChI=1S/C21H19BrN2O6/c22-15-4-1-3-14(11-15)20(27)24-16(21(28)23-8-2-5-19(25)26)9-13-6-7-17-18(10-13)30-12-29-17/h1,3-4,6-7,9-11H,2,5,8,12H2,(H,23,28)(H,24,27)(H,25,26)/b16-9-. The van der Waals surface area contributed by atoms with Crippen LogP contribution < -0.4 is 20.1 Å². The average Bonchev–Trinajstić information content (AvgIpc) is 3.18. The molecule has 0 saturated heterocycles.